The van der Waals surface area contributed by atoms with E-state index in [1.54, 1.807) is 13.8 Å². The summed E-state index contributed by atoms with van der Waals surface area (Å²) in [5, 5.41) is 35.9. The largest absolute Gasteiger partial charge is 0.480 e. The Hall–Kier alpha value is -12.4. The summed E-state index contributed by atoms with van der Waals surface area (Å²) in [6.07, 6.45) is -0.342. The second-order valence-electron chi connectivity index (χ2n) is 30.4. The number of aliphatic imine (C=N–C) groups is 6. The van der Waals surface area contributed by atoms with E-state index in [0.717, 1.165) is 0 Å². The van der Waals surface area contributed by atoms with E-state index in [4.69, 9.17) is 97.5 Å². The molecule has 0 spiro atoms. The molecular formula is C73H137N35O16. The van der Waals surface area contributed by atoms with Crippen LogP contribution in [0.15, 0.2) is 30.0 Å². The van der Waals surface area contributed by atoms with Crippen LogP contribution < -0.4 is 151 Å². The molecule has 51 nitrogen and oxygen atoms in total. The second-order valence-corrected chi connectivity index (χ2v) is 30.4. The lowest BCUT2D eigenvalue weighted by Crippen LogP contribution is -2.61. The molecule has 2 fully saturated rings. The number of unbranched alkanes of at least 4 members (excludes halogenated alkanes) is 2. The van der Waals surface area contributed by atoms with E-state index >= 15 is 14.4 Å². The van der Waals surface area contributed by atoms with Crippen molar-refractivity contribution in [2.45, 2.75) is 259 Å². The minimum atomic E-state index is -1.78. The molecule has 13 atom stereocenters. The molecule has 2 heterocycles. The summed E-state index contributed by atoms with van der Waals surface area (Å²) in [7, 11) is 0. The quantitative estimate of drug-likeness (QED) is 0.0153. The number of primary amides is 2. The highest BCUT2D eigenvalue weighted by molar-refractivity contribution is 6.00. The number of guanidine groups is 6. The van der Waals surface area contributed by atoms with Gasteiger partial charge in [0.2, 0.25) is 82.7 Å². The first-order chi connectivity index (χ1) is 58.6. The van der Waals surface area contributed by atoms with E-state index in [2.05, 4.69) is 83.1 Å². The van der Waals surface area contributed by atoms with Crippen molar-refractivity contribution in [3.63, 3.8) is 0 Å². The van der Waals surface area contributed by atoms with Crippen molar-refractivity contribution in [1.82, 2.24) is 63.0 Å². The van der Waals surface area contributed by atoms with E-state index in [1.165, 1.54) is 9.80 Å². The maximum atomic E-state index is 15.1. The summed E-state index contributed by atoms with van der Waals surface area (Å²) in [6, 6.07) is -18.7. The van der Waals surface area contributed by atoms with Gasteiger partial charge in [0.05, 0.1) is 6.04 Å². The Kier molecular flexibility index (Phi) is 50.8. The van der Waals surface area contributed by atoms with Crippen molar-refractivity contribution in [3.8, 4) is 0 Å². The van der Waals surface area contributed by atoms with Crippen LogP contribution >= 0.6 is 0 Å². The molecule has 45 N–H and O–H groups in total. The molecule has 0 saturated carbocycles. The van der Waals surface area contributed by atoms with Crippen molar-refractivity contribution in [3.05, 3.63) is 0 Å². The normalized spacial score (nSPS) is 16.1. The van der Waals surface area contributed by atoms with Gasteiger partial charge in [-0.1, -0.05) is 13.8 Å². The van der Waals surface area contributed by atoms with Crippen LogP contribution in [0, 0.1) is 5.92 Å². The maximum absolute atomic E-state index is 15.1. The average molecular weight is 1760 g/mol. The predicted molar refractivity (Wildman–Crippen MR) is 461 cm³/mol. The number of likely N-dealkylation sites (tertiary alicyclic amines) is 2. The topological polar surface area (TPSA) is 920 Å². The van der Waals surface area contributed by atoms with Crippen molar-refractivity contribution in [1.29, 1.82) is 0 Å². The molecule has 0 unspecified atom stereocenters. The third kappa shape index (κ3) is 42.9. The number of hydrogen-bond donors (Lipinski definition) is 28. The van der Waals surface area contributed by atoms with E-state index in [1.807, 2.05) is 0 Å². The summed E-state index contributed by atoms with van der Waals surface area (Å²) in [4.78, 5) is 238. The molecular weight excluding hydrogens is 1620 g/mol. The lowest BCUT2D eigenvalue weighted by atomic mass is 10.0. The van der Waals surface area contributed by atoms with Crippen LogP contribution in [-0.2, 0) is 71.9 Å². The van der Waals surface area contributed by atoms with Crippen LogP contribution in [0.4, 0.5) is 0 Å². The number of nitrogens with two attached hydrogens (primary N) is 17. The number of rotatable bonds is 62. The van der Waals surface area contributed by atoms with Gasteiger partial charge < -0.3 is 166 Å². The lowest BCUT2D eigenvalue weighted by Gasteiger charge is -2.34. The van der Waals surface area contributed by atoms with Crippen LogP contribution in [0.3, 0.4) is 0 Å². The number of carboxylic acids is 1. The molecule has 124 heavy (non-hydrogen) atoms. The van der Waals surface area contributed by atoms with Crippen LogP contribution in [0.2, 0.25) is 0 Å². The number of carbonyl (C=O) groups is 15. The summed E-state index contributed by atoms with van der Waals surface area (Å²) in [5.41, 5.74) is 96.1. The summed E-state index contributed by atoms with van der Waals surface area (Å²) in [5.74, 6) is -16.2. The summed E-state index contributed by atoms with van der Waals surface area (Å²) >= 11 is 0. The molecule has 51 heteroatoms. The van der Waals surface area contributed by atoms with Crippen molar-refractivity contribution in [2.24, 2.45) is 133 Å². The third-order valence-corrected chi connectivity index (χ3v) is 19.9. The molecule has 2 aliphatic heterocycles. The van der Waals surface area contributed by atoms with Crippen LogP contribution in [-0.4, -0.2) is 283 Å². The van der Waals surface area contributed by atoms with Crippen LogP contribution in [0.5, 0.6) is 0 Å². The highest BCUT2D eigenvalue weighted by atomic mass is 16.4. The highest BCUT2D eigenvalue weighted by Gasteiger charge is 2.45. The molecule has 700 valence electrons. The van der Waals surface area contributed by atoms with Gasteiger partial charge in [-0.15, -0.1) is 0 Å². The number of carboxylic acid groups (broad SMARTS) is 1. The van der Waals surface area contributed by atoms with Crippen LogP contribution in [0.25, 0.3) is 0 Å². The van der Waals surface area contributed by atoms with E-state index in [0.29, 0.717) is 32.1 Å². The van der Waals surface area contributed by atoms with Gasteiger partial charge in [0.15, 0.2) is 35.8 Å². The van der Waals surface area contributed by atoms with Gasteiger partial charge in [-0.3, -0.25) is 97.1 Å². The molecule has 2 saturated heterocycles. The molecule has 14 amide bonds. The van der Waals surface area contributed by atoms with Gasteiger partial charge in [0.1, 0.15) is 72.5 Å². The molecule has 0 radical (unpaired) electrons. The SMILES string of the molecule is CC(C)[C@H](NC(=O)[C@H](CCC(N)=O)NC(=O)[C@@H]1CCCN1C(=O)[C@@H]1CCCN1C(=O)[C@H](CCCN=C(N)N)NC(=O)[C@H](CCCN=C(N)N)NC(=O)[C@H](CCCN=C(N)N)NC(=O)[C@H](CCC(N)=O)NC(=O)[C@H](CCCN=C(N)N)NC(=O)[C@H](CCCN=C(N)N)NC(=O)[C@H](CCCCN)NC(=O)[C@H](CCCCN)NC(=O)[C@@H](N)CCCN=C(N)N)C(=O)O. The Bertz CT molecular complexity index is 3690. The number of nitrogens with zero attached hydrogens (tertiary/aromatic N) is 8. The van der Waals surface area contributed by atoms with Crippen molar-refractivity contribution >= 4 is 124 Å². The van der Waals surface area contributed by atoms with Gasteiger partial charge >= 0.3 is 5.97 Å². The van der Waals surface area contributed by atoms with Gasteiger partial charge in [0, 0.05) is 65.2 Å². The Morgan fingerprint density at radius 3 is 0.903 bits per heavy atom. The van der Waals surface area contributed by atoms with Crippen molar-refractivity contribution < 1.29 is 77.0 Å². The predicted octanol–water partition coefficient (Wildman–Crippen LogP) is -12.0. The number of carbonyl (C=O) groups excluding carboxylic acids is 14. The molecule has 0 aromatic heterocycles. The zero-order chi connectivity index (χ0) is 93.1. The van der Waals surface area contributed by atoms with E-state index in [-0.39, 0.29) is 223 Å². The lowest BCUT2D eigenvalue weighted by molar-refractivity contribution is -0.148. The minimum Gasteiger partial charge on any atom is -0.480 e. The second kappa shape index (κ2) is 58.5. The fourth-order valence-electron chi connectivity index (χ4n) is 13.3. The fourth-order valence-corrected chi connectivity index (χ4v) is 13.3. The third-order valence-electron chi connectivity index (χ3n) is 19.9. The molecule has 0 bridgehead atoms. The Labute approximate surface area is 719 Å². The minimum absolute atomic E-state index is 0.0172. The number of nitrogens with one attached hydrogen (secondary N) is 10. The maximum Gasteiger partial charge on any atom is 0.326 e. The number of amides is 14. The molecule has 0 aliphatic carbocycles. The monoisotopic (exact) mass is 1760 g/mol. The number of hydrogen-bond acceptors (Lipinski definition) is 24. The summed E-state index contributed by atoms with van der Waals surface area (Å²) < 4.78 is 0. The number of aliphatic carboxylic acids is 1. The smallest absolute Gasteiger partial charge is 0.326 e. The first-order valence-corrected chi connectivity index (χ1v) is 41.5. The molecule has 2 aliphatic rings. The van der Waals surface area contributed by atoms with Gasteiger partial charge in [-0.05, 0) is 173 Å². The Morgan fingerprint density at radius 2 is 0.597 bits per heavy atom. The Morgan fingerprint density at radius 1 is 0.331 bits per heavy atom. The summed E-state index contributed by atoms with van der Waals surface area (Å²) in [6.45, 7) is 3.24. The first-order valence-electron chi connectivity index (χ1n) is 41.5. The van der Waals surface area contributed by atoms with Gasteiger partial charge in [-0.2, -0.15) is 0 Å². The van der Waals surface area contributed by atoms with E-state index in [9.17, 15) is 62.6 Å². The average Bonchev–Trinajstić information content (AvgIpc) is 1.65. The first kappa shape index (κ1) is 108. The zero-order valence-corrected chi connectivity index (χ0v) is 71.0. The van der Waals surface area contributed by atoms with Gasteiger partial charge in [-0.25, -0.2) is 4.79 Å². The van der Waals surface area contributed by atoms with Gasteiger partial charge in [0.25, 0.3) is 0 Å². The highest BCUT2D eigenvalue weighted by Crippen LogP contribution is 2.27. The standard InChI is InChI=1S/C73H137N35O16/c1-39(2)54(67(123)124)106-63(119)48(26-28-53(78)110)104-64(120)50-23-13-37-107(50)66(122)51-24-14-38-108(51)65(121)49(22-12-36-96-73(89)90)105-61(117)46(21-11-35-95-72(87)88)101-59(115)44(19-9-33-93-70(83)84)102-62(118)47(25-27-52(77)109)103-60(116)45(20-10-34-94-71(85)86)100-58(114)43(18-8-32-92-69(81)82)99-57(113)42(17-4-6-30-75)98-56(112)41(16-3-5-29-74)97-55(111)40(76)15-7-31-91-68(79)80/h39-51,54H,3-38,74-76H2,1-2H3,(H2,77,109)(H2,78,110)(H,97,111)(H,98,112)(H,99,113)(H,100,114)(H,101,115)(H,102,118)(H,103,116)(H,104,120)(H,105,117)(H,106,119)(H,123,124)(H4,79,80,91)(H4,81,82,92)(H4,83,84,93)(H4,85,86,94)(H4,87,88,95)(H4,89,90,96)/t40-,41-,42-,43-,44-,45-,46-,47-,48-,49-,50-,51-,54-/m0/s1. The molecule has 2 rings (SSSR count). The molecule has 0 aromatic carbocycles. The van der Waals surface area contributed by atoms with Crippen molar-refractivity contribution in [2.75, 3.05) is 65.4 Å². The fraction of sp³-hybridized carbons (Fsp3) is 0.712. The Balaban J connectivity index is 2.76. The van der Waals surface area contributed by atoms with Crippen LogP contribution in [0.1, 0.15) is 181 Å². The van der Waals surface area contributed by atoms with E-state index < -0.39 is 186 Å². The zero-order valence-electron chi connectivity index (χ0n) is 71.0. The molecule has 0 aromatic rings.